The van der Waals surface area contributed by atoms with Gasteiger partial charge in [0.2, 0.25) is 0 Å². The first kappa shape index (κ1) is 18.3. The van der Waals surface area contributed by atoms with Crippen LogP contribution in [0.4, 0.5) is 40.7 Å². The number of halogens is 3. The van der Waals surface area contributed by atoms with Crippen LogP contribution in [0.3, 0.4) is 0 Å². The lowest BCUT2D eigenvalue weighted by Gasteiger charge is -2.14. The largest absolute Gasteiger partial charge is 0.418 e. The maximum absolute atomic E-state index is 13.0. The van der Waals surface area contributed by atoms with Gasteiger partial charge in [-0.2, -0.15) is 13.2 Å². The summed E-state index contributed by atoms with van der Waals surface area (Å²) in [4.78, 5) is 12.0. The third-order valence-electron chi connectivity index (χ3n) is 3.69. The summed E-state index contributed by atoms with van der Waals surface area (Å²) >= 11 is 0. The van der Waals surface area contributed by atoms with E-state index in [-0.39, 0.29) is 5.69 Å². The zero-order valence-electron chi connectivity index (χ0n) is 14.0. The predicted molar refractivity (Wildman–Crippen MR) is 100 cm³/mol. The van der Waals surface area contributed by atoms with Gasteiger partial charge in [0.15, 0.2) is 0 Å². The summed E-state index contributed by atoms with van der Waals surface area (Å²) in [5, 5.41) is 7.94. The van der Waals surface area contributed by atoms with Crippen LogP contribution >= 0.6 is 0 Å². The summed E-state index contributed by atoms with van der Waals surface area (Å²) in [7, 11) is 0. The van der Waals surface area contributed by atoms with Crippen LogP contribution in [0.25, 0.3) is 0 Å². The summed E-state index contributed by atoms with van der Waals surface area (Å²) in [6.07, 6.45) is -4.55. The summed E-state index contributed by atoms with van der Waals surface area (Å²) < 4.78 is 38.9. The van der Waals surface area contributed by atoms with Crippen LogP contribution in [0, 0.1) is 0 Å². The molecule has 0 saturated heterocycles. The Hall–Kier alpha value is -3.48. The normalized spacial score (nSPS) is 10.9. The highest BCUT2D eigenvalue weighted by Crippen LogP contribution is 2.34. The minimum Gasteiger partial charge on any atom is -0.356 e. The monoisotopic (exact) mass is 371 g/mol. The molecule has 0 bridgehead atoms. The molecule has 0 aromatic heterocycles. The summed E-state index contributed by atoms with van der Waals surface area (Å²) in [6.45, 7) is 0. The van der Waals surface area contributed by atoms with E-state index in [9.17, 15) is 18.0 Å². The summed E-state index contributed by atoms with van der Waals surface area (Å²) in [6, 6.07) is 20.4. The van der Waals surface area contributed by atoms with E-state index in [2.05, 4.69) is 16.0 Å². The van der Waals surface area contributed by atoms with Gasteiger partial charge in [-0.1, -0.05) is 30.3 Å². The Labute approximate surface area is 154 Å². The molecule has 2 amide bonds. The second-order valence-electron chi connectivity index (χ2n) is 5.69. The van der Waals surface area contributed by atoms with Crippen molar-refractivity contribution in [1.29, 1.82) is 0 Å². The third-order valence-corrected chi connectivity index (χ3v) is 3.69. The van der Waals surface area contributed by atoms with Crippen LogP contribution in [0.2, 0.25) is 0 Å². The van der Waals surface area contributed by atoms with Crippen molar-refractivity contribution in [1.82, 2.24) is 0 Å². The van der Waals surface area contributed by atoms with Gasteiger partial charge in [-0.25, -0.2) is 4.79 Å². The Morgan fingerprint density at radius 2 is 1.22 bits per heavy atom. The fraction of sp³-hybridized carbons (Fsp3) is 0.0500. The van der Waals surface area contributed by atoms with Gasteiger partial charge in [0.05, 0.1) is 11.3 Å². The number of anilines is 4. The lowest BCUT2D eigenvalue weighted by molar-refractivity contribution is -0.136. The number of carbonyl (C=O) groups is 1. The first-order chi connectivity index (χ1) is 12.9. The molecule has 3 aromatic rings. The lowest BCUT2D eigenvalue weighted by Crippen LogP contribution is -2.21. The number of benzene rings is 3. The van der Waals surface area contributed by atoms with Crippen molar-refractivity contribution < 1.29 is 18.0 Å². The molecule has 0 aliphatic carbocycles. The maximum Gasteiger partial charge on any atom is 0.418 e. The maximum atomic E-state index is 13.0. The van der Waals surface area contributed by atoms with Crippen molar-refractivity contribution in [2.75, 3.05) is 16.0 Å². The molecule has 4 nitrogen and oxygen atoms in total. The highest BCUT2D eigenvalue weighted by atomic mass is 19.4. The highest BCUT2D eigenvalue weighted by molar-refractivity contribution is 6.00. The van der Waals surface area contributed by atoms with Crippen molar-refractivity contribution >= 4 is 28.8 Å². The molecular weight excluding hydrogens is 355 g/mol. The fourth-order valence-corrected chi connectivity index (χ4v) is 2.45. The van der Waals surface area contributed by atoms with E-state index in [1.807, 2.05) is 30.3 Å². The molecule has 0 heterocycles. The van der Waals surface area contributed by atoms with Crippen molar-refractivity contribution in [3.05, 3.63) is 84.4 Å². The van der Waals surface area contributed by atoms with Crippen molar-refractivity contribution in [3.63, 3.8) is 0 Å². The van der Waals surface area contributed by atoms with E-state index < -0.39 is 17.8 Å². The van der Waals surface area contributed by atoms with E-state index in [0.29, 0.717) is 5.69 Å². The van der Waals surface area contributed by atoms with Crippen molar-refractivity contribution in [2.45, 2.75) is 6.18 Å². The number of alkyl halides is 3. The first-order valence-electron chi connectivity index (χ1n) is 8.08. The topological polar surface area (TPSA) is 53.2 Å². The van der Waals surface area contributed by atoms with Gasteiger partial charge >= 0.3 is 12.2 Å². The highest BCUT2D eigenvalue weighted by Gasteiger charge is 2.33. The van der Waals surface area contributed by atoms with Gasteiger partial charge in [-0.05, 0) is 48.5 Å². The number of nitrogens with one attached hydrogen (secondary N) is 3. The molecule has 0 spiro atoms. The number of amides is 2. The van der Waals surface area contributed by atoms with Crippen molar-refractivity contribution in [3.8, 4) is 0 Å². The van der Waals surface area contributed by atoms with Gasteiger partial charge in [0, 0.05) is 17.1 Å². The summed E-state index contributed by atoms with van der Waals surface area (Å²) in [5.41, 5.74) is 0.984. The van der Waals surface area contributed by atoms with E-state index >= 15 is 0 Å². The van der Waals surface area contributed by atoms with Crippen LogP contribution in [0.5, 0.6) is 0 Å². The predicted octanol–water partition coefficient (Wildman–Crippen LogP) is 6.09. The van der Waals surface area contributed by atoms with E-state index in [1.54, 1.807) is 24.3 Å². The van der Waals surface area contributed by atoms with Gasteiger partial charge in [0.25, 0.3) is 0 Å². The number of para-hydroxylation sites is 2. The Balaban J connectivity index is 1.63. The van der Waals surface area contributed by atoms with Crippen LogP contribution in [0.15, 0.2) is 78.9 Å². The van der Waals surface area contributed by atoms with Gasteiger partial charge in [0.1, 0.15) is 0 Å². The fourth-order valence-electron chi connectivity index (χ4n) is 2.45. The molecule has 0 aliphatic heterocycles. The first-order valence-corrected chi connectivity index (χ1v) is 8.08. The molecule has 7 heteroatoms. The number of carbonyl (C=O) groups excluding carboxylic acids is 1. The molecular formula is C20H16F3N3O. The minimum absolute atomic E-state index is 0.301. The minimum atomic E-state index is -4.55. The summed E-state index contributed by atoms with van der Waals surface area (Å²) in [5.74, 6) is 0. The Morgan fingerprint density at radius 3 is 1.89 bits per heavy atom. The smallest absolute Gasteiger partial charge is 0.356 e. The molecule has 27 heavy (non-hydrogen) atoms. The molecule has 0 saturated carbocycles. The van der Waals surface area contributed by atoms with Gasteiger partial charge in [-0.15, -0.1) is 0 Å². The molecule has 0 fully saturated rings. The number of hydrogen-bond acceptors (Lipinski definition) is 2. The Kier molecular flexibility index (Phi) is 5.30. The molecule has 0 aliphatic rings. The zero-order valence-corrected chi connectivity index (χ0v) is 14.0. The Morgan fingerprint density at radius 1 is 0.667 bits per heavy atom. The molecule has 138 valence electrons. The second-order valence-corrected chi connectivity index (χ2v) is 5.69. The molecule has 3 aromatic carbocycles. The van der Waals surface area contributed by atoms with Crippen LogP contribution < -0.4 is 16.0 Å². The average molecular weight is 371 g/mol. The van der Waals surface area contributed by atoms with Gasteiger partial charge in [-0.3, -0.25) is 0 Å². The number of urea groups is 1. The lowest BCUT2D eigenvalue weighted by atomic mass is 10.1. The van der Waals surface area contributed by atoms with E-state index in [1.165, 1.54) is 18.2 Å². The second kappa shape index (κ2) is 7.82. The van der Waals surface area contributed by atoms with Crippen LogP contribution in [0.1, 0.15) is 5.56 Å². The standard InChI is InChI=1S/C20H16F3N3O/c21-20(22,23)17-8-4-5-9-18(17)26-19(27)25-16-12-10-15(11-13-16)24-14-6-2-1-3-7-14/h1-13,24H,(H2,25,26,27). The van der Waals surface area contributed by atoms with Gasteiger partial charge < -0.3 is 16.0 Å². The molecule has 0 unspecified atom stereocenters. The average Bonchev–Trinajstić information content (AvgIpc) is 2.64. The van der Waals surface area contributed by atoms with E-state index in [0.717, 1.165) is 17.4 Å². The van der Waals surface area contributed by atoms with Crippen molar-refractivity contribution in [2.24, 2.45) is 0 Å². The molecule has 0 atom stereocenters. The molecule has 3 rings (SSSR count). The zero-order chi connectivity index (χ0) is 19.3. The molecule has 3 N–H and O–H groups in total. The third kappa shape index (κ3) is 5.01. The van der Waals surface area contributed by atoms with Crippen LogP contribution in [-0.2, 0) is 6.18 Å². The number of hydrogen-bond donors (Lipinski definition) is 3. The number of rotatable bonds is 4. The molecule has 0 radical (unpaired) electrons. The quantitative estimate of drug-likeness (QED) is 0.520. The SMILES string of the molecule is O=C(Nc1ccc(Nc2ccccc2)cc1)Nc1ccccc1C(F)(F)F. The van der Waals surface area contributed by atoms with Crippen LogP contribution in [-0.4, -0.2) is 6.03 Å². The van der Waals surface area contributed by atoms with E-state index in [4.69, 9.17) is 0 Å². The Bertz CT molecular complexity index is 910.